The predicted octanol–water partition coefficient (Wildman–Crippen LogP) is 5.29. The molecule has 1 atom stereocenters. The minimum atomic E-state index is -1.24. The number of imide groups is 1. The van der Waals surface area contributed by atoms with Gasteiger partial charge in [-0.1, -0.05) is 31.2 Å². The van der Waals surface area contributed by atoms with Gasteiger partial charge in [0.05, 0.1) is 30.3 Å². The molecule has 0 saturated carbocycles. The largest absolute Gasteiger partial charge is 0.492 e. The van der Waals surface area contributed by atoms with E-state index >= 15 is 8.78 Å². The third-order valence-corrected chi connectivity index (χ3v) is 5.90. The summed E-state index contributed by atoms with van der Waals surface area (Å²) in [6.07, 6.45) is 0.0998. The highest BCUT2D eigenvalue weighted by molar-refractivity contribution is 6.38. The van der Waals surface area contributed by atoms with Gasteiger partial charge in [-0.3, -0.25) is 14.4 Å². The summed E-state index contributed by atoms with van der Waals surface area (Å²) in [5.41, 5.74) is -1.27. The van der Waals surface area contributed by atoms with Crippen molar-refractivity contribution >= 4 is 34.2 Å². The number of carbonyl (C=O) groups is 3. The maximum Gasteiger partial charge on any atom is 0.310 e. The highest BCUT2D eigenvalue weighted by Gasteiger charge is 2.45. The number of hydrogen-bond donors (Lipinski definition) is 1. The highest BCUT2D eigenvalue weighted by Crippen LogP contribution is 2.47. The quantitative estimate of drug-likeness (QED) is 0.438. The summed E-state index contributed by atoms with van der Waals surface area (Å²) >= 11 is 0. The molecule has 0 radical (unpaired) electrons. The van der Waals surface area contributed by atoms with Gasteiger partial charge in [0.2, 0.25) is 0 Å². The summed E-state index contributed by atoms with van der Waals surface area (Å²) in [4.78, 5) is 39.0. The van der Waals surface area contributed by atoms with Crippen LogP contribution in [-0.4, -0.2) is 36.1 Å². The number of aliphatic carboxylic acids is 1. The van der Waals surface area contributed by atoms with Crippen LogP contribution >= 0.6 is 0 Å². The van der Waals surface area contributed by atoms with Gasteiger partial charge >= 0.3 is 5.97 Å². The van der Waals surface area contributed by atoms with Crippen LogP contribution in [-0.2, 0) is 4.79 Å². The Balaban J connectivity index is 1.96. The van der Waals surface area contributed by atoms with Crippen LogP contribution in [0.5, 0.6) is 11.5 Å². The Bertz CT molecular complexity index is 1280. The molecule has 2 amide bonds. The smallest absolute Gasteiger partial charge is 0.310 e. The normalized spacial score (nSPS) is 13.8. The number of rotatable bonds is 8. The number of amides is 2. The molecule has 1 N–H and O–H groups in total. The van der Waals surface area contributed by atoms with E-state index in [1.807, 2.05) is 0 Å². The summed E-state index contributed by atoms with van der Waals surface area (Å²) in [5.74, 6) is -6.52. The lowest BCUT2D eigenvalue weighted by Crippen LogP contribution is -2.31. The molecule has 0 fully saturated rings. The topological polar surface area (TPSA) is 93.1 Å². The van der Waals surface area contributed by atoms with Crippen molar-refractivity contribution in [1.82, 2.24) is 0 Å². The number of ether oxygens (including phenoxy) is 2. The van der Waals surface area contributed by atoms with Gasteiger partial charge in [0.25, 0.3) is 11.8 Å². The molecule has 4 rings (SSSR count). The number of anilines is 1. The van der Waals surface area contributed by atoms with Gasteiger partial charge in [0.1, 0.15) is 17.2 Å². The van der Waals surface area contributed by atoms with Gasteiger partial charge in [-0.05, 0) is 38.0 Å². The number of fused-ring (bicyclic) bond motifs is 2. The van der Waals surface area contributed by atoms with Crippen LogP contribution in [0.25, 0.3) is 10.8 Å². The van der Waals surface area contributed by atoms with Gasteiger partial charge in [0.15, 0.2) is 11.6 Å². The molecule has 1 unspecified atom stereocenters. The Kier molecular flexibility index (Phi) is 6.43. The fourth-order valence-electron chi connectivity index (χ4n) is 4.44. The van der Waals surface area contributed by atoms with E-state index in [1.54, 1.807) is 45.0 Å². The van der Waals surface area contributed by atoms with Crippen molar-refractivity contribution in [2.75, 3.05) is 18.1 Å². The van der Waals surface area contributed by atoms with Crippen molar-refractivity contribution in [2.45, 2.75) is 33.1 Å². The van der Waals surface area contributed by atoms with Gasteiger partial charge in [-0.2, -0.15) is 0 Å². The molecule has 1 aliphatic rings. The second-order valence-electron chi connectivity index (χ2n) is 7.90. The zero-order valence-corrected chi connectivity index (χ0v) is 19.4. The molecule has 0 bridgehead atoms. The number of hydrogen-bond acceptors (Lipinski definition) is 5. The van der Waals surface area contributed by atoms with Crippen LogP contribution in [0, 0.1) is 11.6 Å². The lowest BCUT2D eigenvalue weighted by molar-refractivity contribution is -0.138. The number of benzene rings is 3. The summed E-state index contributed by atoms with van der Waals surface area (Å²) in [5, 5.41) is 10.4. The van der Waals surface area contributed by atoms with E-state index in [2.05, 4.69) is 0 Å². The first kappa shape index (κ1) is 24.1. The van der Waals surface area contributed by atoms with Crippen molar-refractivity contribution in [3.63, 3.8) is 0 Å². The monoisotopic (exact) mass is 483 g/mol. The first-order valence-electron chi connectivity index (χ1n) is 11.2. The van der Waals surface area contributed by atoms with E-state index in [0.29, 0.717) is 15.7 Å². The zero-order chi connectivity index (χ0) is 25.4. The van der Waals surface area contributed by atoms with Crippen LogP contribution in [0.3, 0.4) is 0 Å². The first-order chi connectivity index (χ1) is 16.8. The fourth-order valence-corrected chi connectivity index (χ4v) is 4.44. The number of carboxylic acids is 1. The summed E-state index contributed by atoms with van der Waals surface area (Å²) in [7, 11) is 0. The maximum absolute atomic E-state index is 15.2. The van der Waals surface area contributed by atoms with E-state index in [1.165, 1.54) is 0 Å². The van der Waals surface area contributed by atoms with Gasteiger partial charge in [-0.15, -0.1) is 0 Å². The Hall–Kier alpha value is -4.01. The molecule has 0 aliphatic carbocycles. The van der Waals surface area contributed by atoms with Crippen molar-refractivity contribution in [2.24, 2.45) is 0 Å². The van der Waals surface area contributed by atoms with E-state index in [-0.39, 0.29) is 47.8 Å². The molecule has 35 heavy (non-hydrogen) atoms. The van der Waals surface area contributed by atoms with Crippen LogP contribution in [0.4, 0.5) is 14.5 Å². The van der Waals surface area contributed by atoms with E-state index in [4.69, 9.17) is 9.47 Å². The minimum absolute atomic E-state index is 0.0998. The molecule has 3 aromatic carbocycles. The SMILES string of the molecule is CCOc1c2c(c(OCC)c3ccccc13)C(=O)N(c1c(F)cc(C(CC)C(=O)O)cc1F)C2=O. The zero-order valence-electron chi connectivity index (χ0n) is 19.4. The number of carbonyl (C=O) groups excluding carboxylic acids is 2. The van der Waals surface area contributed by atoms with Crippen LogP contribution in [0.2, 0.25) is 0 Å². The van der Waals surface area contributed by atoms with Crippen LogP contribution < -0.4 is 14.4 Å². The van der Waals surface area contributed by atoms with Crippen LogP contribution in [0.15, 0.2) is 36.4 Å². The molecule has 0 aromatic heterocycles. The second-order valence-corrected chi connectivity index (χ2v) is 7.90. The van der Waals surface area contributed by atoms with Crippen molar-refractivity contribution in [3.05, 3.63) is 64.7 Å². The Labute approximate surface area is 199 Å². The van der Waals surface area contributed by atoms with Gasteiger partial charge in [-0.25, -0.2) is 13.7 Å². The predicted molar refractivity (Wildman–Crippen MR) is 124 cm³/mol. The first-order valence-corrected chi connectivity index (χ1v) is 11.2. The van der Waals surface area contributed by atoms with Gasteiger partial charge in [0, 0.05) is 10.8 Å². The lowest BCUT2D eigenvalue weighted by atomic mass is 9.96. The average molecular weight is 483 g/mol. The minimum Gasteiger partial charge on any atom is -0.492 e. The Morgan fingerprint density at radius 3 is 1.74 bits per heavy atom. The van der Waals surface area contributed by atoms with E-state index in [0.717, 1.165) is 12.1 Å². The molecule has 0 saturated heterocycles. The highest BCUT2D eigenvalue weighted by atomic mass is 19.1. The third kappa shape index (κ3) is 3.77. The van der Waals surface area contributed by atoms with Gasteiger partial charge < -0.3 is 14.6 Å². The van der Waals surface area contributed by atoms with Crippen molar-refractivity contribution in [1.29, 1.82) is 0 Å². The molecule has 3 aromatic rings. The molecule has 1 heterocycles. The molecular weight excluding hydrogens is 460 g/mol. The fraction of sp³-hybridized carbons (Fsp3) is 0.269. The number of nitrogens with zero attached hydrogens (tertiary/aromatic N) is 1. The molecular formula is C26H23F2NO6. The lowest BCUT2D eigenvalue weighted by Gasteiger charge is -2.18. The van der Waals surface area contributed by atoms with Crippen LogP contribution in [0.1, 0.15) is 59.4 Å². The molecule has 182 valence electrons. The maximum atomic E-state index is 15.2. The Morgan fingerprint density at radius 1 is 0.914 bits per heavy atom. The standard InChI is InChI=1S/C26H23F2NO6/c1-4-14(26(32)33)13-11-17(27)21(18(28)12-13)29-24(30)19-20(25(29)31)23(35-6-3)16-10-8-7-9-15(16)22(19)34-5-2/h7-12,14H,4-6H2,1-3H3,(H,32,33). The molecule has 0 spiro atoms. The van der Waals surface area contributed by atoms with Crippen molar-refractivity contribution in [3.8, 4) is 11.5 Å². The second kappa shape index (κ2) is 9.32. The van der Waals surface area contributed by atoms with E-state index in [9.17, 15) is 19.5 Å². The number of halogens is 2. The van der Waals surface area contributed by atoms with E-state index < -0.39 is 41.0 Å². The number of carboxylic acid groups (broad SMARTS) is 1. The molecule has 1 aliphatic heterocycles. The summed E-state index contributed by atoms with van der Waals surface area (Å²) in [6.45, 7) is 5.35. The summed E-state index contributed by atoms with van der Waals surface area (Å²) < 4.78 is 41.9. The third-order valence-electron chi connectivity index (χ3n) is 5.90. The summed E-state index contributed by atoms with van der Waals surface area (Å²) in [6, 6.07) is 8.56. The average Bonchev–Trinajstić information content (AvgIpc) is 3.06. The molecule has 9 heteroatoms. The van der Waals surface area contributed by atoms with Crippen molar-refractivity contribution < 1.29 is 37.7 Å². The molecule has 7 nitrogen and oxygen atoms in total. The Morgan fingerprint density at radius 2 is 1.37 bits per heavy atom.